The van der Waals surface area contributed by atoms with Crippen LogP contribution in [0.1, 0.15) is 18.4 Å². The van der Waals surface area contributed by atoms with Crippen LogP contribution in [0.3, 0.4) is 0 Å². The molecule has 2 rings (SSSR count). The first-order chi connectivity index (χ1) is 13.5. The molecule has 2 aromatic rings. The molecule has 1 N–H and O–H groups in total. The fourth-order valence-electron chi connectivity index (χ4n) is 2.20. The van der Waals surface area contributed by atoms with E-state index in [9.17, 15) is 9.59 Å². The number of hydrogen-bond acceptors (Lipinski definition) is 6. The standard InChI is InChI=1S/C20H19ClN2O5/c1-26-16-6-8-17(9-7-16)27-10-2-3-20(25)28-13-19(24)23-18-11-15(21)5-4-14(18)12-22/h4-9,11H,2-3,10,13H2,1H3,(H,23,24). The van der Waals surface area contributed by atoms with Crippen LogP contribution in [-0.2, 0) is 14.3 Å². The molecule has 1 amide bonds. The third-order valence-corrected chi connectivity index (χ3v) is 3.83. The fourth-order valence-corrected chi connectivity index (χ4v) is 2.37. The molecule has 0 spiro atoms. The van der Waals surface area contributed by atoms with E-state index in [0.717, 1.165) is 5.75 Å². The number of hydrogen-bond donors (Lipinski definition) is 1. The summed E-state index contributed by atoms with van der Waals surface area (Å²) >= 11 is 5.85. The Morgan fingerprint density at radius 1 is 1.14 bits per heavy atom. The molecule has 0 atom stereocenters. The van der Waals surface area contributed by atoms with E-state index in [2.05, 4.69) is 5.32 Å². The lowest BCUT2D eigenvalue weighted by molar-refractivity contribution is -0.147. The maximum atomic E-state index is 11.9. The lowest BCUT2D eigenvalue weighted by atomic mass is 10.2. The van der Waals surface area contributed by atoms with Gasteiger partial charge >= 0.3 is 5.97 Å². The fraction of sp³-hybridized carbons (Fsp3) is 0.250. The number of nitrogens with zero attached hydrogens (tertiary/aromatic N) is 1. The van der Waals surface area contributed by atoms with Crippen LogP contribution in [-0.4, -0.2) is 32.2 Å². The predicted molar refractivity (Wildman–Crippen MR) is 103 cm³/mol. The van der Waals surface area contributed by atoms with Gasteiger partial charge in [-0.25, -0.2) is 0 Å². The summed E-state index contributed by atoms with van der Waals surface area (Å²) in [6.07, 6.45) is 0.559. The van der Waals surface area contributed by atoms with Crippen molar-refractivity contribution in [3.8, 4) is 17.6 Å². The maximum Gasteiger partial charge on any atom is 0.306 e. The number of rotatable bonds is 9. The first-order valence-electron chi connectivity index (χ1n) is 8.44. The molecule has 7 nitrogen and oxygen atoms in total. The van der Waals surface area contributed by atoms with Crippen LogP contribution in [0.15, 0.2) is 42.5 Å². The monoisotopic (exact) mass is 402 g/mol. The number of nitriles is 1. The van der Waals surface area contributed by atoms with Gasteiger partial charge in [-0.3, -0.25) is 9.59 Å². The summed E-state index contributed by atoms with van der Waals surface area (Å²) in [7, 11) is 1.58. The van der Waals surface area contributed by atoms with E-state index in [1.807, 2.05) is 6.07 Å². The molecule has 146 valence electrons. The summed E-state index contributed by atoms with van der Waals surface area (Å²) in [4.78, 5) is 23.6. The molecule has 0 bridgehead atoms. The van der Waals surface area contributed by atoms with Crippen LogP contribution in [0.2, 0.25) is 5.02 Å². The van der Waals surface area contributed by atoms with Gasteiger partial charge in [0.05, 0.1) is 25.0 Å². The molecular formula is C20H19ClN2O5. The Kier molecular flexibility index (Phi) is 8.12. The number of carbonyl (C=O) groups is 2. The summed E-state index contributed by atoms with van der Waals surface area (Å²) in [5.74, 6) is 0.332. The summed E-state index contributed by atoms with van der Waals surface area (Å²) in [5, 5.41) is 11.9. The van der Waals surface area contributed by atoms with Crippen molar-refractivity contribution in [1.82, 2.24) is 0 Å². The first kappa shape index (κ1) is 21.1. The lowest BCUT2D eigenvalue weighted by Gasteiger charge is -2.09. The van der Waals surface area contributed by atoms with E-state index in [1.54, 1.807) is 37.4 Å². The smallest absolute Gasteiger partial charge is 0.306 e. The Morgan fingerprint density at radius 2 is 1.86 bits per heavy atom. The average Bonchev–Trinajstić information content (AvgIpc) is 2.70. The number of halogens is 1. The van der Waals surface area contributed by atoms with Crippen LogP contribution in [0.25, 0.3) is 0 Å². The Hall–Kier alpha value is -3.24. The molecule has 28 heavy (non-hydrogen) atoms. The number of nitrogens with one attached hydrogen (secondary N) is 1. The third-order valence-electron chi connectivity index (χ3n) is 3.59. The van der Waals surface area contributed by atoms with Crippen molar-refractivity contribution >= 4 is 29.2 Å². The molecule has 0 aromatic heterocycles. The van der Waals surface area contributed by atoms with Gasteiger partial charge in [0, 0.05) is 11.4 Å². The highest BCUT2D eigenvalue weighted by molar-refractivity contribution is 6.31. The van der Waals surface area contributed by atoms with Crippen LogP contribution in [0.4, 0.5) is 5.69 Å². The molecule has 0 saturated carbocycles. The molecule has 0 fully saturated rings. The van der Waals surface area contributed by atoms with Crippen molar-refractivity contribution in [3.05, 3.63) is 53.1 Å². The Bertz CT molecular complexity index is 862. The van der Waals surface area contributed by atoms with E-state index in [0.29, 0.717) is 23.8 Å². The topological polar surface area (TPSA) is 97.7 Å². The van der Waals surface area contributed by atoms with Crippen molar-refractivity contribution in [1.29, 1.82) is 5.26 Å². The second-order valence-electron chi connectivity index (χ2n) is 5.64. The highest BCUT2D eigenvalue weighted by atomic mass is 35.5. The number of methoxy groups -OCH3 is 1. The van der Waals surface area contributed by atoms with Gasteiger partial charge in [0.15, 0.2) is 6.61 Å². The number of carbonyl (C=O) groups excluding carboxylic acids is 2. The van der Waals surface area contributed by atoms with Crippen molar-refractivity contribution in [3.63, 3.8) is 0 Å². The van der Waals surface area contributed by atoms with E-state index < -0.39 is 18.5 Å². The molecule has 0 unspecified atom stereocenters. The molecule has 8 heteroatoms. The van der Waals surface area contributed by atoms with Gasteiger partial charge in [-0.05, 0) is 48.9 Å². The minimum atomic E-state index is -0.554. The molecule has 0 heterocycles. The lowest BCUT2D eigenvalue weighted by Crippen LogP contribution is -2.21. The second-order valence-corrected chi connectivity index (χ2v) is 6.07. The van der Waals surface area contributed by atoms with Gasteiger partial charge < -0.3 is 19.5 Å². The predicted octanol–water partition coefficient (Wildman–Crippen LogP) is 3.56. The van der Waals surface area contributed by atoms with Gasteiger partial charge in [0.1, 0.15) is 17.6 Å². The zero-order valence-electron chi connectivity index (χ0n) is 15.2. The second kappa shape index (κ2) is 10.8. The van der Waals surface area contributed by atoms with Crippen LogP contribution in [0.5, 0.6) is 11.5 Å². The number of anilines is 1. The summed E-state index contributed by atoms with van der Waals surface area (Å²) < 4.78 is 15.5. The van der Waals surface area contributed by atoms with Gasteiger partial charge in [0.2, 0.25) is 0 Å². The SMILES string of the molecule is COc1ccc(OCCCC(=O)OCC(=O)Nc2cc(Cl)ccc2C#N)cc1. The number of amides is 1. The first-order valence-corrected chi connectivity index (χ1v) is 8.81. The van der Waals surface area contributed by atoms with E-state index in [-0.39, 0.29) is 17.7 Å². The molecule has 0 aliphatic carbocycles. The minimum Gasteiger partial charge on any atom is -0.497 e. The molecule has 2 aromatic carbocycles. The van der Waals surface area contributed by atoms with Crippen LogP contribution >= 0.6 is 11.6 Å². The van der Waals surface area contributed by atoms with Gasteiger partial charge in [-0.1, -0.05) is 11.6 Å². The highest BCUT2D eigenvalue weighted by Crippen LogP contribution is 2.20. The summed E-state index contributed by atoms with van der Waals surface area (Å²) in [5.41, 5.74) is 0.531. The number of benzene rings is 2. The quantitative estimate of drug-likeness (QED) is 0.508. The third kappa shape index (κ3) is 6.82. The zero-order chi connectivity index (χ0) is 20.4. The van der Waals surface area contributed by atoms with E-state index in [1.165, 1.54) is 12.1 Å². The van der Waals surface area contributed by atoms with E-state index in [4.69, 9.17) is 31.1 Å². The zero-order valence-corrected chi connectivity index (χ0v) is 16.0. The molecule has 0 saturated heterocycles. The molecule has 0 radical (unpaired) electrons. The van der Waals surface area contributed by atoms with Crippen molar-refractivity contribution in [2.75, 3.05) is 25.6 Å². The highest BCUT2D eigenvalue weighted by Gasteiger charge is 2.11. The van der Waals surface area contributed by atoms with Crippen molar-refractivity contribution in [2.45, 2.75) is 12.8 Å². The minimum absolute atomic E-state index is 0.115. The Balaban J connectivity index is 1.67. The van der Waals surface area contributed by atoms with Gasteiger partial charge in [-0.2, -0.15) is 5.26 Å². The molecular weight excluding hydrogens is 384 g/mol. The maximum absolute atomic E-state index is 11.9. The summed E-state index contributed by atoms with van der Waals surface area (Å²) in [6, 6.07) is 13.5. The number of esters is 1. The molecule has 0 aliphatic heterocycles. The molecule has 0 aliphatic rings. The van der Waals surface area contributed by atoms with Gasteiger partial charge in [-0.15, -0.1) is 0 Å². The summed E-state index contributed by atoms with van der Waals surface area (Å²) in [6.45, 7) is -0.114. The normalized spacial score (nSPS) is 9.89. The Labute approximate surface area is 167 Å². The van der Waals surface area contributed by atoms with Crippen LogP contribution < -0.4 is 14.8 Å². The van der Waals surface area contributed by atoms with Crippen molar-refractivity contribution in [2.24, 2.45) is 0 Å². The van der Waals surface area contributed by atoms with E-state index >= 15 is 0 Å². The Morgan fingerprint density at radius 3 is 2.54 bits per heavy atom. The van der Waals surface area contributed by atoms with Crippen LogP contribution in [0, 0.1) is 11.3 Å². The number of ether oxygens (including phenoxy) is 3. The largest absolute Gasteiger partial charge is 0.497 e. The van der Waals surface area contributed by atoms with Crippen molar-refractivity contribution < 1.29 is 23.8 Å². The van der Waals surface area contributed by atoms with Gasteiger partial charge in [0.25, 0.3) is 5.91 Å². The average molecular weight is 403 g/mol.